The van der Waals surface area contributed by atoms with Gasteiger partial charge < -0.3 is 20.0 Å². The second kappa shape index (κ2) is 7.63. The zero-order chi connectivity index (χ0) is 22.6. The number of nitrogens with zero attached hydrogens (tertiary/aromatic N) is 4. The summed E-state index contributed by atoms with van der Waals surface area (Å²) >= 11 is 0. The first-order valence-corrected chi connectivity index (χ1v) is 10.4. The van der Waals surface area contributed by atoms with E-state index >= 15 is 0 Å². The number of anilines is 1. The van der Waals surface area contributed by atoms with E-state index in [1.54, 1.807) is 13.0 Å². The van der Waals surface area contributed by atoms with Crippen molar-refractivity contribution in [2.24, 2.45) is 0 Å². The van der Waals surface area contributed by atoms with Gasteiger partial charge >= 0.3 is 6.18 Å². The number of aromatic hydroxyl groups is 1. The summed E-state index contributed by atoms with van der Waals surface area (Å²) in [6.07, 6.45) is -1.95. The van der Waals surface area contributed by atoms with Crippen LogP contribution < -0.4 is 4.90 Å². The van der Waals surface area contributed by atoms with Gasteiger partial charge in [0.15, 0.2) is 5.82 Å². The van der Waals surface area contributed by atoms with Crippen molar-refractivity contribution in [2.75, 3.05) is 31.6 Å². The number of alkyl halides is 3. The Balaban J connectivity index is 1.77. The van der Waals surface area contributed by atoms with Gasteiger partial charge in [0.2, 0.25) is 0 Å². The summed E-state index contributed by atoms with van der Waals surface area (Å²) in [5, 5.41) is 30.0. The molecule has 2 aromatic rings. The number of fused-ring (bicyclic) bond motifs is 1. The van der Waals surface area contributed by atoms with Crippen molar-refractivity contribution in [3.63, 3.8) is 0 Å². The molecule has 0 amide bonds. The molecule has 3 heterocycles. The van der Waals surface area contributed by atoms with Crippen LogP contribution in [0.25, 0.3) is 11.3 Å². The predicted octanol–water partition coefficient (Wildman–Crippen LogP) is 3.69. The van der Waals surface area contributed by atoms with Crippen molar-refractivity contribution in [2.45, 2.75) is 50.9 Å². The molecule has 2 atom stereocenters. The lowest BCUT2D eigenvalue weighted by atomic mass is 9.86. The van der Waals surface area contributed by atoms with Gasteiger partial charge in [0.05, 0.1) is 16.9 Å². The highest BCUT2D eigenvalue weighted by molar-refractivity contribution is 5.73. The number of hydrogen-bond donors (Lipinski definition) is 2. The largest absolute Gasteiger partial charge is 0.507 e. The van der Waals surface area contributed by atoms with E-state index in [0.29, 0.717) is 30.4 Å². The molecular weight excluding hydrogens is 409 g/mol. The molecule has 2 aliphatic heterocycles. The number of likely N-dealkylation sites (tertiary alicyclic amines) is 1. The molecule has 168 valence electrons. The molecule has 0 aliphatic carbocycles. The van der Waals surface area contributed by atoms with E-state index in [1.165, 1.54) is 6.92 Å². The maximum atomic E-state index is 13.1. The highest BCUT2D eigenvalue weighted by atomic mass is 19.4. The van der Waals surface area contributed by atoms with Crippen LogP contribution in [0, 0.1) is 6.92 Å². The number of aromatic nitrogens is 2. The summed E-state index contributed by atoms with van der Waals surface area (Å²) in [5.74, 6) is 0.0899. The summed E-state index contributed by atoms with van der Waals surface area (Å²) < 4.78 is 39.2. The van der Waals surface area contributed by atoms with Gasteiger partial charge in [-0.3, -0.25) is 0 Å². The number of hydrogen-bond acceptors (Lipinski definition) is 6. The number of phenolic OH excluding ortho intramolecular Hbond substituents is 1. The average molecular weight is 436 g/mol. The van der Waals surface area contributed by atoms with Crippen molar-refractivity contribution in [3.05, 3.63) is 34.9 Å². The Hall–Kier alpha value is -2.39. The number of halogens is 3. The number of phenols is 1. The molecule has 2 aliphatic rings. The molecule has 31 heavy (non-hydrogen) atoms. The van der Waals surface area contributed by atoms with Crippen molar-refractivity contribution in [3.8, 4) is 17.0 Å². The third-order valence-electron chi connectivity index (χ3n) is 6.40. The van der Waals surface area contributed by atoms with Gasteiger partial charge in [-0.25, -0.2) is 0 Å². The number of aryl methyl sites for hydroxylation is 1. The Kier molecular flexibility index (Phi) is 5.37. The van der Waals surface area contributed by atoms with Crippen LogP contribution in [0.2, 0.25) is 0 Å². The quantitative estimate of drug-likeness (QED) is 0.748. The van der Waals surface area contributed by atoms with Gasteiger partial charge in [-0.15, -0.1) is 10.2 Å². The van der Waals surface area contributed by atoms with E-state index < -0.39 is 23.1 Å². The minimum atomic E-state index is -4.56. The zero-order valence-corrected chi connectivity index (χ0v) is 17.9. The van der Waals surface area contributed by atoms with E-state index in [9.17, 15) is 23.4 Å². The predicted molar refractivity (Wildman–Crippen MR) is 111 cm³/mol. The normalized spacial score (nSPS) is 24.9. The Labute approximate surface area is 179 Å². The van der Waals surface area contributed by atoms with Crippen molar-refractivity contribution in [1.82, 2.24) is 15.1 Å². The van der Waals surface area contributed by atoms with Crippen LogP contribution in [0.5, 0.6) is 5.75 Å². The molecule has 1 aromatic carbocycles. The van der Waals surface area contributed by atoms with Crippen LogP contribution in [0.1, 0.15) is 42.9 Å². The third-order valence-corrected chi connectivity index (χ3v) is 6.40. The highest BCUT2D eigenvalue weighted by Gasteiger charge is 2.39. The molecule has 1 saturated heterocycles. The average Bonchev–Trinajstić information content (AvgIpc) is 2.67. The maximum Gasteiger partial charge on any atom is 0.416 e. The van der Waals surface area contributed by atoms with Crippen molar-refractivity contribution in [1.29, 1.82) is 0 Å². The molecule has 6 nitrogen and oxygen atoms in total. The fourth-order valence-electron chi connectivity index (χ4n) is 4.71. The second-order valence-electron chi connectivity index (χ2n) is 8.93. The minimum absolute atomic E-state index is 0.189. The molecule has 4 rings (SSSR count). The second-order valence-corrected chi connectivity index (χ2v) is 8.93. The molecule has 9 heteroatoms. The van der Waals surface area contributed by atoms with E-state index in [0.717, 1.165) is 32.0 Å². The molecule has 0 radical (unpaired) electrons. The van der Waals surface area contributed by atoms with E-state index in [2.05, 4.69) is 27.0 Å². The maximum absolute atomic E-state index is 13.1. The standard InChI is InChI=1S/C22H27F3N4O2/c1-13-9-14(22(23,24)25)10-18(30)19(13)17-11-16-20(27-26-17)29(8-6-21(16,2)31)15-5-4-7-28(3)12-15/h9-11,15,30-31H,4-8,12H2,1-3H3/t15-,21?/m1/s1. The first-order chi connectivity index (χ1) is 14.5. The molecule has 1 unspecified atom stereocenters. The van der Waals surface area contributed by atoms with Crippen LogP contribution in [0.4, 0.5) is 19.0 Å². The Morgan fingerprint density at radius 2 is 1.90 bits per heavy atom. The van der Waals surface area contributed by atoms with Gasteiger partial charge in [-0.05, 0) is 70.5 Å². The minimum Gasteiger partial charge on any atom is -0.507 e. The number of likely N-dealkylation sites (N-methyl/N-ethyl adjacent to an activating group) is 1. The van der Waals surface area contributed by atoms with Gasteiger partial charge in [-0.2, -0.15) is 13.2 Å². The fraction of sp³-hybridized carbons (Fsp3) is 0.545. The van der Waals surface area contributed by atoms with Crippen LogP contribution in [-0.4, -0.2) is 58.0 Å². The molecule has 2 N–H and O–H groups in total. The zero-order valence-electron chi connectivity index (χ0n) is 17.9. The molecule has 0 bridgehead atoms. The Bertz CT molecular complexity index is 970. The smallest absolute Gasteiger partial charge is 0.416 e. The third kappa shape index (κ3) is 4.08. The summed E-state index contributed by atoms with van der Waals surface area (Å²) in [4.78, 5) is 4.45. The first-order valence-electron chi connectivity index (χ1n) is 10.4. The lowest BCUT2D eigenvalue weighted by Gasteiger charge is -2.44. The SMILES string of the molecule is Cc1cc(C(F)(F)F)cc(O)c1-c1cc2c(nn1)N([C@@H]1CCCN(C)C1)CCC2(C)O. The molecule has 1 fully saturated rings. The van der Waals surface area contributed by atoms with Crippen LogP contribution in [-0.2, 0) is 11.8 Å². The summed E-state index contributed by atoms with van der Waals surface area (Å²) in [7, 11) is 2.08. The van der Waals surface area contributed by atoms with E-state index in [4.69, 9.17) is 0 Å². The van der Waals surface area contributed by atoms with Crippen LogP contribution in [0.15, 0.2) is 18.2 Å². The molecule has 0 spiro atoms. The summed E-state index contributed by atoms with van der Waals surface area (Å²) in [5.41, 5.74) is -0.818. The Morgan fingerprint density at radius 3 is 2.55 bits per heavy atom. The fourth-order valence-corrected chi connectivity index (χ4v) is 4.71. The number of aliphatic hydroxyl groups is 1. The molecule has 0 saturated carbocycles. The lowest BCUT2D eigenvalue weighted by Crippen LogP contribution is -2.51. The van der Waals surface area contributed by atoms with Gasteiger partial charge in [0.25, 0.3) is 0 Å². The van der Waals surface area contributed by atoms with Crippen molar-refractivity contribution >= 4 is 5.82 Å². The topological polar surface area (TPSA) is 72.7 Å². The molecule has 1 aromatic heterocycles. The van der Waals surface area contributed by atoms with E-state index in [1.807, 2.05) is 0 Å². The van der Waals surface area contributed by atoms with Crippen LogP contribution in [0.3, 0.4) is 0 Å². The first kappa shape index (κ1) is 21.8. The monoisotopic (exact) mass is 436 g/mol. The van der Waals surface area contributed by atoms with Gasteiger partial charge in [0, 0.05) is 30.3 Å². The van der Waals surface area contributed by atoms with Gasteiger partial charge in [0.1, 0.15) is 5.75 Å². The summed E-state index contributed by atoms with van der Waals surface area (Å²) in [6.45, 7) is 5.79. The summed E-state index contributed by atoms with van der Waals surface area (Å²) in [6, 6.07) is 3.59. The molecular formula is C22H27F3N4O2. The number of benzene rings is 1. The van der Waals surface area contributed by atoms with Crippen LogP contribution >= 0.6 is 0 Å². The number of piperidine rings is 1. The van der Waals surface area contributed by atoms with Gasteiger partial charge in [-0.1, -0.05) is 0 Å². The highest BCUT2D eigenvalue weighted by Crippen LogP contribution is 2.43. The van der Waals surface area contributed by atoms with E-state index in [-0.39, 0.29) is 22.9 Å². The Morgan fingerprint density at radius 1 is 1.16 bits per heavy atom. The lowest BCUT2D eigenvalue weighted by molar-refractivity contribution is -0.137. The number of rotatable bonds is 2. The van der Waals surface area contributed by atoms with Crippen molar-refractivity contribution < 1.29 is 23.4 Å².